The average molecular weight is 161 g/mol. The van der Waals surface area contributed by atoms with Gasteiger partial charge in [0.25, 0.3) is 0 Å². The van der Waals surface area contributed by atoms with Crippen molar-refractivity contribution in [3.05, 3.63) is 0 Å². The van der Waals surface area contributed by atoms with Crippen LogP contribution in [-0.2, 0) is 0 Å². The predicted molar refractivity (Wildman–Crippen MR) is 45.1 cm³/mol. The van der Waals surface area contributed by atoms with Crippen LogP contribution in [0.3, 0.4) is 0 Å². The fraction of sp³-hybridized carbons (Fsp3) is 1.00. The zero-order chi connectivity index (χ0) is 8.85. The SMILES string of the molecule is CCC(O)C(CN)C(O)CC. The highest BCUT2D eigenvalue weighted by atomic mass is 16.3. The van der Waals surface area contributed by atoms with Gasteiger partial charge in [0.15, 0.2) is 0 Å². The Bertz CT molecular complexity index is 88.1. The highest BCUT2D eigenvalue weighted by molar-refractivity contribution is 4.74. The number of hydrogen-bond donors (Lipinski definition) is 3. The minimum atomic E-state index is -0.463. The first-order valence-corrected chi connectivity index (χ1v) is 4.23. The molecule has 0 aliphatic carbocycles. The second kappa shape index (κ2) is 5.52. The van der Waals surface area contributed by atoms with Crippen LogP contribution in [0.4, 0.5) is 0 Å². The monoisotopic (exact) mass is 161 g/mol. The summed E-state index contributed by atoms with van der Waals surface area (Å²) >= 11 is 0. The summed E-state index contributed by atoms with van der Waals surface area (Å²) in [6, 6.07) is 0. The van der Waals surface area contributed by atoms with Gasteiger partial charge in [-0.3, -0.25) is 0 Å². The van der Waals surface area contributed by atoms with Gasteiger partial charge in [-0.05, 0) is 12.8 Å². The maximum atomic E-state index is 9.38. The smallest absolute Gasteiger partial charge is 0.0602 e. The van der Waals surface area contributed by atoms with Crippen molar-refractivity contribution < 1.29 is 10.2 Å². The van der Waals surface area contributed by atoms with E-state index in [1.807, 2.05) is 13.8 Å². The van der Waals surface area contributed by atoms with Gasteiger partial charge in [-0.1, -0.05) is 13.8 Å². The first-order valence-electron chi connectivity index (χ1n) is 4.23. The van der Waals surface area contributed by atoms with Crippen LogP contribution in [0, 0.1) is 5.92 Å². The fourth-order valence-electron chi connectivity index (χ4n) is 1.18. The highest BCUT2D eigenvalue weighted by Crippen LogP contribution is 2.13. The fourth-order valence-corrected chi connectivity index (χ4v) is 1.18. The number of aliphatic hydroxyl groups is 2. The predicted octanol–water partition coefficient (Wildman–Crippen LogP) is 0.103. The lowest BCUT2D eigenvalue weighted by Crippen LogP contribution is -2.36. The molecule has 11 heavy (non-hydrogen) atoms. The van der Waals surface area contributed by atoms with E-state index in [0.717, 1.165) is 0 Å². The van der Waals surface area contributed by atoms with E-state index in [-0.39, 0.29) is 5.92 Å². The molecule has 0 heterocycles. The molecule has 0 spiro atoms. The van der Waals surface area contributed by atoms with Gasteiger partial charge in [0, 0.05) is 12.5 Å². The number of hydrogen-bond acceptors (Lipinski definition) is 3. The van der Waals surface area contributed by atoms with Crippen molar-refractivity contribution in [1.29, 1.82) is 0 Å². The molecule has 0 saturated heterocycles. The van der Waals surface area contributed by atoms with Crippen molar-refractivity contribution in [2.45, 2.75) is 38.9 Å². The van der Waals surface area contributed by atoms with Crippen molar-refractivity contribution in [2.24, 2.45) is 11.7 Å². The Morgan fingerprint density at radius 2 is 1.45 bits per heavy atom. The Morgan fingerprint density at radius 1 is 1.09 bits per heavy atom. The second-order valence-corrected chi connectivity index (χ2v) is 2.85. The summed E-state index contributed by atoms with van der Waals surface area (Å²) in [6.07, 6.45) is 0.377. The Balaban J connectivity index is 3.92. The van der Waals surface area contributed by atoms with E-state index in [1.54, 1.807) is 0 Å². The Kier molecular flexibility index (Phi) is 5.46. The lowest BCUT2D eigenvalue weighted by Gasteiger charge is -2.24. The molecular formula is C8H19NO2. The molecule has 2 unspecified atom stereocenters. The molecule has 4 N–H and O–H groups in total. The zero-order valence-electron chi connectivity index (χ0n) is 7.33. The molecule has 0 aliphatic heterocycles. The second-order valence-electron chi connectivity index (χ2n) is 2.85. The summed E-state index contributed by atoms with van der Waals surface area (Å²) in [5.41, 5.74) is 5.41. The van der Waals surface area contributed by atoms with Crippen LogP contribution < -0.4 is 5.73 Å². The molecule has 0 aromatic carbocycles. The summed E-state index contributed by atoms with van der Waals surface area (Å²) in [4.78, 5) is 0. The zero-order valence-corrected chi connectivity index (χ0v) is 7.33. The van der Waals surface area contributed by atoms with Gasteiger partial charge in [-0.15, -0.1) is 0 Å². The summed E-state index contributed by atoms with van der Waals surface area (Å²) in [6.45, 7) is 4.12. The molecular weight excluding hydrogens is 142 g/mol. The van der Waals surface area contributed by atoms with Gasteiger partial charge in [-0.2, -0.15) is 0 Å². The van der Waals surface area contributed by atoms with Gasteiger partial charge in [-0.25, -0.2) is 0 Å². The van der Waals surface area contributed by atoms with Gasteiger partial charge in [0.05, 0.1) is 12.2 Å². The van der Waals surface area contributed by atoms with E-state index in [1.165, 1.54) is 0 Å². The molecule has 0 fully saturated rings. The molecule has 0 saturated carbocycles. The molecule has 0 bridgehead atoms. The van der Waals surface area contributed by atoms with Crippen molar-refractivity contribution in [1.82, 2.24) is 0 Å². The molecule has 0 rings (SSSR count). The summed E-state index contributed by atoms with van der Waals surface area (Å²) < 4.78 is 0. The number of rotatable bonds is 5. The quantitative estimate of drug-likeness (QED) is 0.536. The third-order valence-corrected chi connectivity index (χ3v) is 2.10. The van der Waals surface area contributed by atoms with Gasteiger partial charge in [0.2, 0.25) is 0 Å². The lowest BCUT2D eigenvalue weighted by molar-refractivity contribution is 0.0137. The first-order chi connectivity index (χ1) is 5.17. The molecule has 0 aliphatic rings. The third-order valence-electron chi connectivity index (χ3n) is 2.10. The van der Waals surface area contributed by atoms with Crippen molar-refractivity contribution in [2.75, 3.05) is 6.54 Å². The van der Waals surface area contributed by atoms with Crippen LogP contribution in [0.1, 0.15) is 26.7 Å². The van der Waals surface area contributed by atoms with Crippen molar-refractivity contribution in [3.8, 4) is 0 Å². The molecule has 0 amide bonds. The summed E-state index contributed by atoms with van der Waals surface area (Å²) in [5, 5.41) is 18.8. The van der Waals surface area contributed by atoms with Gasteiger partial charge >= 0.3 is 0 Å². The largest absolute Gasteiger partial charge is 0.393 e. The Morgan fingerprint density at radius 3 is 1.64 bits per heavy atom. The lowest BCUT2D eigenvalue weighted by atomic mass is 9.93. The Labute approximate surface area is 68.2 Å². The number of nitrogens with two attached hydrogens (primary N) is 1. The van der Waals surface area contributed by atoms with Crippen LogP contribution in [0.5, 0.6) is 0 Å². The highest BCUT2D eigenvalue weighted by Gasteiger charge is 2.22. The summed E-state index contributed by atoms with van der Waals surface area (Å²) in [5.74, 6) is -0.162. The topological polar surface area (TPSA) is 66.5 Å². The van der Waals surface area contributed by atoms with Crippen LogP contribution in [0.25, 0.3) is 0 Å². The van der Waals surface area contributed by atoms with Crippen LogP contribution >= 0.6 is 0 Å². The summed E-state index contributed by atoms with van der Waals surface area (Å²) in [7, 11) is 0. The van der Waals surface area contributed by atoms with Gasteiger partial charge in [0.1, 0.15) is 0 Å². The van der Waals surface area contributed by atoms with Gasteiger partial charge < -0.3 is 15.9 Å². The molecule has 0 aromatic heterocycles. The number of aliphatic hydroxyl groups excluding tert-OH is 2. The van der Waals surface area contributed by atoms with E-state index in [0.29, 0.717) is 19.4 Å². The Hall–Kier alpha value is -0.120. The minimum Gasteiger partial charge on any atom is -0.393 e. The molecule has 3 nitrogen and oxygen atoms in total. The first kappa shape index (κ1) is 10.9. The van der Waals surface area contributed by atoms with E-state index in [4.69, 9.17) is 5.73 Å². The van der Waals surface area contributed by atoms with E-state index >= 15 is 0 Å². The molecule has 68 valence electrons. The average Bonchev–Trinajstić information content (AvgIpc) is 2.05. The third kappa shape index (κ3) is 3.18. The van der Waals surface area contributed by atoms with Crippen LogP contribution in [0.2, 0.25) is 0 Å². The molecule has 0 radical (unpaired) electrons. The molecule has 2 atom stereocenters. The van der Waals surface area contributed by atoms with E-state index in [2.05, 4.69) is 0 Å². The van der Waals surface area contributed by atoms with Crippen molar-refractivity contribution >= 4 is 0 Å². The molecule has 0 aromatic rings. The van der Waals surface area contributed by atoms with Crippen LogP contribution in [0.15, 0.2) is 0 Å². The van der Waals surface area contributed by atoms with Crippen LogP contribution in [-0.4, -0.2) is 29.0 Å². The van der Waals surface area contributed by atoms with Crippen molar-refractivity contribution in [3.63, 3.8) is 0 Å². The maximum Gasteiger partial charge on any atom is 0.0602 e. The minimum absolute atomic E-state index is 0.162. The standard InChI is InChI=1S/C8H19NO2/c1-3-7(10)6(5-9)8(11)4-2/h6-8,10-11H,3-5,9H2,1-2H3. The van der Waals surface area contributed by atoms with E-state index in [9.17, 15) is 10.2 Å². The maximum absolute atomic E-state index is 9.38. The normalized spacial score (nSPS) is 19.4. The molecule has 3 heteroatoms. The van der Waals surface area contributed by atoms with E-state index < -0.39 is 12.2 Å².